The Hall–Kier alpha value is -1.95. The molecule has 0 saturated heterocycles. The summed E-state index contributed by atoms with van der Waals surface area (Å²) in [6.45, 7) is 2.27. The van der Waals surface area contributed by atoms with Gasteiger partial charge in [-0.15, -0.1) is 5.10 Å². The first-order chi connectivity index (χ1) is 9.56. The van der Waals surface area contributed by atoms with Crippen LogP contribution in [0.15, 0.2) is 24.4 Å². The molecule has 1 aromatic carbocycles. The van der Waals surface area contributed by atoms with Gasteiger partial charge in [-0.3, -0.25) is 4.68 Å². The molecule has 5 nitrogen and oxygen atoms in total. The lowest BCUT2D eigenvalue weighted by molar-refractivity contribution is 0.299. The molecule has 1 atom stereocenters. The Morgan fingerprint density at radius 3 is 2.85 bits per heavy atom. The third-order valence-corrected chi connectivity index (χ3v) is 2.99. The van der Waals surface area contributed by atoms with Gasteiger partial charge in [0.2, 0.25) is 0 Å². The highest BCUT2D eigenvalue weighted by Crippen LogP contribution is 2.19. The van der Waals surface area contributed by atoms with E-state index in [1.54, 1.807) is 17.9 Å². The monoisotopic (exact) mass is 278 g/mol. The van der Waals surface area contributed by atoms with Gasteiger partial charge in [-0.05, 0) is 30.5 Å². The molecule has 0 spiro atoms. The number of rotatable bonds is 6. The fourth-order valence-electron chi connectivity index (χ4n) is 1.89. The van der Waals surface area contributed by atoms with E-state index >= 15 is 0 Å². The van der Waals surface area contributed by atoms with Gasteiger partial charge in [0, 0.05) is 19.2 Å². The zero-order valence-corrected chi connectivity index (χ0v) is 11.7. The lowest BCUT2D eigenvalue weighted by atomic mass is 10.0. The molecule has 2 aromatic rings. The summed E-state index contributed by atoms with van der Waals surface area (Å²) in [5.41, 5.74) is 7.43. The van der Waals surface area contributed by atoms with Gasteiger partial charge >= 0.3 is 0 Å². The van der Waals surface area contributed by atoms with Crippen LogP contribution in [0.1, 0.15) is 24.6 Å². The first-order valence-electron chi connectivity index (χ1n) is 6.60. The van der Waals surface area contributed by atoms with E-state index in [1.807, 2.05) is 13.0 Å². The van der Waals surface area contributed by atoms with Gasteiger partial charge in [0.1, 0.15) is 23.9 Å². The van der Waals surface area contributed by atoms with E-state index in [4.69, 9.17) is 10.5 Å². The van der Waals surface area contributed by atoms with Crippen LogP contribution in [0, 0.1) is 5.82 Å². The molecule has 0 amide bonds. The SMILES string of the molecule is CCC(N)Cc1cc(F)cc(OCc2cn(C)nn2)c1. The van der Waals surface area contributed by atoms with E-state index < -0.39 is 0 Å². The average molecular weight is 278 g/mol. The van der Waals surface area contributed by atoms with Crippen LogP contribution < -0.4 is 10.5 Å². The zero-order valence-electron chi connectivity index (χ0n) is 11.7. The topological polar surface area (TPSA) is 66.0 Å². The quantitative estimate of drug-likeness (QED) is 0.875. The van der Waals surface area contributed by atoms with E-state index in [1.165, 1.54) is 12.1 Å². The summed E-state index contributed by atoms with van der Waals surface area (Å²) in [6.07, 6.45) is 3.25. The van der Waals surface area contributed by atoms with Crippen molar-refractivity contribution in [3.8, 4) is 5.75 Å². The number of aromatic nitrogens is 3. The molecular weight excluding hydrogens is 259 g/mol. The van der Waals surface area contributed by atoms with Gasteiger partial charge in [0.05, 0.1) is 6.20 Å². The first-order valence-corrected chi connectivity index (χ1v) is 6.60. The predicted octanol–water partition coefficient (Wildman–Crippen LogP) is 1.81. The van der Waals surface area contributed by atoms with Crippen molar-refractivity contribution in [3.05, 3.63) is 41.5 Å². The summed E-state index contributed by atoms with van der Waals surface area (Å²) in [5, 5.41) is 7.72. The molecule has 1 unspecified atom stereocenters. The Morgan fingerprint density at radius 2 is 2.20 bits per heavy atom. The van der Waals surface area contributed by atoms with Gasteiger partial charge in [-0.2, -0.15) is 0 Å². The fraction of sp³-hybridized carbons (Fsp3) is 0.429. The molecule has 6 heteroatoms. The first kappa shape index (κ1) is 14.5. The van der Waals surface area contributed by atoms with E-state index in [0.717, 1.165) is 12.0 Å². The van der Waals surface area contributed by atoms with Crippen molar-refractivity contribution in [1.29, 1.82) is 0 Å². The third kappa shape index (κ3) is 4.03. The van der Waals surface area contributed by atoms with Crippen molar-refractivity contribution in [2.45, 2.75) is 32.4 Å². The zero-order chi connectivity index (χ0) is 14.5. The summed E-state index contributed by atoms with van der Waals surface area (Å²) in [5.74, 6) is 0.161. The van der Waals surface area contributed by atoms with E-state index in [9.17, 15) is 4.39 Å². The molecule has 2 N–H and O–H groups in total. The standard InChI is InChI=1S/C14H19FN4O/c1-3-12(16)5-10-4-11(15)7-14(6-10)20-9-13-8-19(2)18-17-13/h4,6-8,12H,3,5,9,16H2,1-2H3. The maximum absolute atomic E-state index is 13.6. The van der Waals surface area contributed by atoms with Crippen LogP contribution in [0.5, 0.6) is 5.75 Å². The molecular formula is C14H19FN4O. The largest absolute Gasteiger partial charge is 0.487 e. The van der Waals surface area contributed by atoms with Gasteiger partial charge in [0.25, 0.3) is 0 Å². The van der Waals surface area contributed by atoms with Crippen LogP contribution in [0.2, 0.25) is 0 Å². The predicted molar refractivity (Wildman–Crippen MR) is 73.7 cm³/mol. The second kappa shape index (κ2) is 6.47. The highest BCUT2D eigenvalue weighted by atomic mass is 19.1. The van der Waals surface area contributed by atoms with Gasteiger partial charge in [-0.25, -0.2) is 4.39 Å². The summed E-state index contributed by atoms with van der Waals surface area (Å²) in [4.78, 5) is 0. The normalized spacial score (nSPS) is 12.4. The summed E-state index contributed by atoms with van der Waals surface area (Å²) < 4.78 is 20.7. The number of hydrogen-bond acceptors (Lipinski definition) is 4. The Balaban J connectivity index is 2.03. The van der Waals surface area contributed by atoms with E-state index in [2.05, 4.69) is 10.3 Å². The minimum atomic E-state index is -0.319. The van der Waals surface area contributed by atoms with Crippen LogP contribution in [-0.2, 0) is 20.1 Å². The van der Waals surface area contributed by atoms with Crippen LogP contribution in [0.3, 0.4) is 0 Å². The Kier molecular flexibility index (Phi) is 4.68. The lowest BCUT2D eigenvalue weighted by Gasteiger charge is -2.11. The molecule has 0 bridgehead atoms. The lowest BCUT2D eigenvalue weighted by Crippen LogP contribution is -2.21. The number of ether oxygens (including phenoxy) is 1. The minimum Gasteiger partial charge on any atom is -0.487 e. The maximum atomic E-state index is 13.6. The number of nitrogens with two attached hydrogens (primary N) is 1. The molecule has 0 aliphatic rings. The molecule has 108 valence electrons. The van der Waals surface area contributed by atoms with Gasteiger partial charge in [-0.1, -0.05) is 12.1 Å². The molecule has 1 aromatic heterocycles. The number of aryl methyl sites for hydroxylation is 1. The Morgan fingerprint density at radius 1 is 1.40 bits per heavy atom. The minimum absolute atomic E-state index is 0.0321. The van der Waals surface area contributed by atoms with Crippen LogP contribution >= 0.6 is 0 Å². The fourth-order valence-corrected chi connectivity index (χ4v) is 1.89. The van der Waals surface area contributed by atoms with Crippen molar-refractivity contribution >= 4 is 0 Å². The Labute approximate surface area is 117 Å². The number of nitrogens with zero attached hydrogens (tertiary/aromatic N) is 3. The maximum Gasteiger partial charge on any atom is 0.134 e. The molecule has 0 aliphatic carbocycles. The second-order valence-electron chi connectivity index (χ2n) is 4.84. The van der Waals surface area contributed by atoms with Crippen LogP contribution in [0.25, 0.3) is 0 Å². The average Bonchev–Trinajstić information content (AvgIpc) is 2.81. The molecule has 0 radical (unpaired) electrons. The number of hydrogen-bond donors (Lipinski definition) is 1. The molecule has 0 saturated carbocycles. The smallest absolute Gasteiger partial charge is 0.134 e. The molecule has 0 fully saturated rings. The summed E-state index contributed by atoms with van der Waals surface area (Å²) in [7, 11) is 1.78. The van der Waals surface area contributed by atoms with Gasteiger partial charge in [0.15, 0.2) is 0 Å². The van der Waals surface area contributed by atoms with Crippen molar-refractivity contribution in [3.63, 3.8) is 0 Å². The number of halogens is 1. The summed E-state index contributed by atoms with van der Waals surface area (Å²) >= 11 is 0. The van der Waals surface area contributed by atoms with Crippen molar-refractivity contribution in [2.75, 3.05) is 0 Å². The third-order valence-electron chi connectivity index (χ3n) is 2.99. The van der Waals surface area contributed by atoms with E-state index in [-0.39, 0.29) is 18.5 Å². The van der Waals surface area contributed by atoms with Crippen molar-refractivity contribution in [2.24, 2.45) is 12.8 Å². The highest BCUT2D eigenvalue weighted by molar-refractivity contribution is 5.30. The van der Waals surface area contributed by atoms with Crippen LogP contribution in [0.4, 0.5) is 4.39 Å². The van der Waals surface area contributed by atoms with Crippen molar-refractivity contribution in [1.82, 2.24) is 15.0 Å². The summed E-state index contributed by atoms with van der Waals surface area (Å²) in [6, 6.07) is 4.70. The molecule has 1 heterocycles. The van der Waals surface area contributed by atoms with Gasteiger partial charge < -0.3 is 10.5 Å². The molecule has 2 rings (SSSR count). The second-order valence-corrected chi connectivity index (χ2v) is 4.84. The Bertz CT molecular complexity index is 570. The van der Waals surface area contributed by atoms with E-state index in [0.29, 0.717) is 17.9 Å². The van der Waals surface area contributed by atoms with Crippen LogP contribution in [-0.4, -0.2) is 21.0 Å². The van der Waals surface area contributed by atoms with Crippen molar-refractivity contribution < 1.29 is 9.13 Å². The number of benzene rings is 1. The highest BCUT2D eigenvalue weighted by Gasteiger charge is 2.07. The molecule has 0 aliphatic heterocycles. The molecule has 20 heavy (non-hydrogen) atoms.